The minimum atomic E-state index is 0.565. The van der Waals surface area contributed by atoms with Gasteiger partial charge in [-0.1, -0.05) is 24.8 Å². The average molecular weight is 277 g/mol. The van der Waals surface area contributed by atoms with Gasteiger partial charge in [0.2, 0.25) is 0 Å². The molecule has 19 heavy (non-hydrogen) atoms. The molecule has 3 heteroatoms. The molecule has 0 bridgehead atoms. The summed E-state index contributed by atoms with van der Waals surface area (Å²) in [5.41, 5.74) is 1.32. The molecule has 2 nitrogen and oxygen atoms in total. The Balaban J connectivity index is 1.75. The van der Waals surface area contributed by atoms with Crippen LogP contribution in [0.1, 0.15) is 24.8 Å². The molecule has 2 rings (SSSR count). The Labute approximate surface area is 120 Å². The van der Waals surface area contributed by atoms with E-state index in [0.29, 0.717) is 12.6 Å². The van der Waals surface area contributed by atoms with Crippen molar-refractivity contribution in [1.29, 1.82) is 0 Å². The van der Waals surface area contributed by atoms with Crippen LogP contribution >= 0.6 is 11.8 Å². The van der Waals surface area contributed by atoms with Gasteiger partial charge < -0.3 is 10.1 Å². The monoisotopic (exact) mass is 277 g/mol. The van der Waals surface area contributed by atoms with Crippen molar-refractivity contribution in [2.24, 2.45) is 0 Å². The molecule has 1 N–H and O–H groups in total. The number of benzene rings is 1. The minimum Gasteiger partial charge on any atom is -0.490 e. The maximum absolute atomic E-state index is 5.48. The molecule has 0 amide bonds. The molecule has 1 fully saturated rings. The predicted octanol–water partition coefficient (Wildman–Crippen LogP) is 3.63. The molecule has 104 valence electrons. The SMILES string of the molecule is C=CCOc1ccc(CNC2CCC(SC)C2)cc1. The van der Waals surface area contributed by atoms with E-state index in [4.69, 9.17) is 4.74 Å². The van der Waals surface area contributed by atoms with E-state index < -0.39 is 0 Å². The Bertz CT molecular complexity index is 390. The highest BCUT2D eigenvalue weighted by Crippen LogP contribution is 2.28. The van der Waals surface area contributed by atoms with Crippen molar-refractivity contribution in [3.05, 3.63) is 42.5 Å². The zero-order chi connectivity index (χ0) is 13.5. The van der Waals surface area contributed by atoms with E-state index in [1.165, 1.54) is 24.8 Å². The molecule has 1 aromatic rings. The topological polar surface area (TPSA) is 21.3 Å². The van der Waals surface area contributed by atoms with Crippen molar-refractivity contribution in [3.8, 4) is 5.75 Å². The number of thioether (sulfide) groups is 1. The second-order valence-electron chi connectivity index (χ2n) is 4.99. The zero-order valence-corrected chi connectivity index (χ0v) is 12.4. The number of hydrogen-bond acceptors (Lipinski definition) is 3. The van der Waals surface area contributed by atoms with Crippen LogP contribution < -0.4 is 10.1 Å². The summed E-state index contributed by atoms with van der Waals surface area (Å²) >= 11 is 2.00. The molecule has 0 radical (unpaired) electrons. The Morgan fingerprint density at radius 3 is 2.79 bits per heavy atom. The summed E-state index contributed by atoms with van der Waals surface area (Å²) < 4.78 is 5.48. The number of hydrogen-bond donors (Lipinski definition) is 1. The highest BCUT2D eigenvalue weighted by atomic mass is 32.2. The fraction of sp³-hybridized carbons (Fsp3) is 0.500. The summed E-state index contributed by atoms with van der Waals surface area (Å²) in [6, 6.07) is 9.01. The van der Waals surface area contributed by atoms with E-state index in [1.54, 1.807) is 6.08 Å². The van der Waals surface area contributed by atoms with Crippen LogP contribution in [-0.2, 0) is 6.54 Å². The predicted molar refractivity (Wildman–Crippen MR) is 83.9 cm³/mol. The first-order valence-electron chi connectivity index (χ1n) is 6.90. The van der Waals surface area contributed by atoms with E-state index in [1.807, 2.05) is 23.9 Å². The van der Waals surface area contributed by atoms with Crippen LogP contribution in [0.3, 0.4) is 0 Å². The van der Waals surface area contributed by atoms with Crippen molar-refractivity contribution >= 4 is 11.8 Å². The molecule has 1 aliphatic carbocycles. The van der Waals surface area contributed by atoms with Crippen LogP contribution in [0.2, 0.25) is 0 Å². The number of ether oxygens (including phenoxy) is 1. The van der Waals surface area contributed by atoms with Crippen LogP contribution in [0.4, 0.5) is 0 Å². The lowest BCUT2D eigenvalue weighted by Gasteiger charge is -2.13. The molecular formula is C16H23NOS. The second-order valence-corrected chi connectivity index (χ2v) is 6.13. The van der Waals surface area contributed by atoms with Crippen molar-refractivity contribution in [2.45, 2.75) is 37.1 Å². The van der Waals surface area contributed by atoms with Gasteiger partial charge in [-0.2, -0.15) is 11.8 Å². The molecule has 1 saturated carbocycles. The summed E-state index contributed by atoms with van der Waals surface area (Å²) in [5, 5.41) is 4.51. The highest BCUT2D eigenvalue weighted by Gasteiger charge is 2.23. The van der Waals surface area contributed by atoms with Crippen molar-refractivity contribution in [1.82, 2.24) is 5.32 Å². The molecule has 0 heterocycles. The summed E-state index contributed by atoms with van der Waals surface area (Å²) in [6.07, 6.45) is 7.95. The summed E-state index contributed by atoms with van der Waals surface area (Å²) in [7, 11) is 0. The van der Waals surface area contributed by atoms with Gasteiger partial charge >= 0.3 is 0 Å². The fourth-order valence-electron chi connectivity index (χ4n) is 2.46. The number of nitrogens with one attached hydrogen (secondary N) is 1. The van der Waals surface area contributed by atoms with Gasteiger partial charge in [-0.15, -0.1) is 0 Å². The van der Waals surface area contributed by atoms with Crippen LogP contribution in [0.15, 0.2) is 36.9 Å². The van der Waals surface area contributed by atoms with E-state index in [0.717, 1.165) is 17.5 Å². The Kier molecular flexibility index (Phi) is 5.80. The van der Waals surface area contributed by atoms with Gasteiger partial charge in [-0.05, 0) is 43.2 Å². The molecule has 1 aromatic carbocycles. The van der Waals surface area contributed by atoms with Gasteiger partial charge in [0, 0.05) is 17.8 Å². The molecular weight excluding hydrogens is 254 g/mol. The zero-order valence-electron chi connectivity index (χ0n) is 11.6. The Hall–Kier alpha value is -0.930. The Morgan fingerprint density at radius 2 is 2.16 bits per heavy atom. The summed E-state index contributed by atoms with van der Waals surface area (Å²) in [4.78, 5) is 0. The average Bonchev–Trinajstić information content (AvgIpc) is 2.92. The molecule has 2 atom stereocenters. The van der Waals surface area contributed by atoms with Crippen molar-refractivity contribution in [2.75, 3.05) is 12.9 Å². The second kappa shape index (κ2) is 7.61. The van der Waals surface area contributed by atoms with Gasteiger partial charge in [-0.3, -0.25) is 0 Å². The first-order chi connectivity index (χ1) is 9.31. The summed E-state index contributed by atoms with van der Waals surface area (Å²) in [5.74, 6) is 0.909. The summed E-state index contributed by atoms with van der Waals surface area (Å²) in [6.45, 7) is 5.16. The quantitative estimate of drug-likeness (QED) is 0.769. The van der Waals surface area contributed by atoms with Crippen molar-refractivity contribution in [3.63, 3.8) is 0 Å². The third-order valence-electron chi connectivity index (χ3n) is 3.60. The lowest BCUT2D eigenvalue weighted by atomic mass is 10.2. The highest BCUT2D eigenvalue weighted by molar-refractivity contribution is 7.99. The van der Waals surface area contributed by atoms with Crippen LogP contribution in [-0.4, -0.2) is 24.2 Å². The van der Waals surface area contributed by atoms with Gasteiger partial charge in [0.15, 0.2) is 0 Å². The maximum Gasteiger partial charge on any atom is 0.119 e. The normalized spacial score (nSPS) is 22.4. The van der Waals surface area contributed by atoms with E-state index >= 15 is 0 Å². The third kappa shape index (κ3) is 4.59. The molecule has 0 aliphatic heterocycles. The van der Waals surface area contributed by atoms with Crippen LogP contribution in [0.25, 0.3) is 0 Å². The fourth-order valence-corrected chi connectivity index (χ4v) is 3.26. The van der Waals surface area contributed by atoms with E-state index in [-0.39, 0.29) is 0 Å². The van der Waals surface area contributed by atoms with Crippen LogP contribution in [0, 0.1) is 0 Å². The Morgan fingerprint density at radius 1 is 1.37 bits per heavy atom. The molecule has 0 saturated heterocycles. The van der Waals surface area contributed by atoms with Gasteiger partial charge in [0.1, 0.15) is 12.4 Å². The van der Waals surface area contributed by atoms with Gasteiger partial charge in [0.05, 0.1) is 0 Å². The lowest BCUT2D eigenvalue weighted by molar-refractivity contribution is 0.363. The van der Waals surface area contributed by atoms with E-state index in [9.17, 15) is 0 Å². The third-order valence-corrected chi connectivity index (χ3v) is 4.70. The smallest absolute Gasteiger partial charge is 0.119 e. The molecule has 2 unspecified atom stereocenters. The molecule has 0 aromatic heterocycles. The minimum absolute atomic E-state index is 0.565. The molecule has 0 spiro atoms. The van der Waals surface area contributed by atoms with Gasteiger partial charge in [0.25, 0.3) is 0 Å². The first-order valence-corrected chi connectivity index (χ1v) is 8.19. The van der Waals surface area contributed by atoms with Crippen molar-refractivity contribution < 1.29 is 4.74 Å². The van der Waals surface area contributed by atoms with Gasteiger partial charge in [-0.25, -0.2) is 0 Å². The maximum atomic E-state index is 5.48. The lowest BCUT2D eigenvalue weighted by Crippen LogP contribution is -2.26. The molecule has 1 aliphatic rings. The first kappa shape index (κ1) is 14.5. The van der Waals surface area contributed by atoms with Crippen LogP contribution in [0.5, 0.6) is 5.75 Å². The largest absolute Gasteiger partial charge is 0.490 e. The van der Waals surface area contributed by atoms with E-state index in [2.05, 4.69) is 30.3 Å². The standard InChI is InChI=1S/C16H23NOS/c1-3-10-18-15-7-4-13(5-8-15)12-17-14-6-9-16(11-14)19-2/h3-5,7-8,14,16-17H,1,6,9-12H2,2H3. The number of rotatable bonds is 7.